The Morgan fingerprint density at radius 3 is 2.33 bits per heavy atom. The maximum atomic E-state index is 13.1. The lowest BCUT2D eigenvalue weighted by molar-refractivity contribution is -0.134. The van der Waals surface area contributed by atoms with E-state index in [0.717, 1.165) is 56.2 Å². The first-order valence-electron chi connectivity index (χ1n) is 18.2. The molecule has 0 radical (unpaired) electrons. The molecule has 0 bridgehead atoms. The van der Waals surface area contributed by atoms with Gasteiger partial charge in [0.25, 0.3) is 17.8 Å². The van der Waals surface area contributed by atoms with Crippen LogP contribution in [0.2, 0.25) is 5.02 Å². The van der Waals surface area contributed by atoms with E-state index in [1.165, 1.54) is 45.7 Å². The maximum Gasteiger partial charge on any atom is 0.300 e. The van der Waals surface area contributed by atoms with Gasteiger partial charge in [-0.2, -0.15) is 0 Å². The molecule has 0 aliphatic heterocycles. The molecule has 4 N–H and O–H groups in total. The van der Waals surface area contributed by atoms with Crippen LogP contribution in [0, 0.1) is 12.8 Å². The zero-order valence-corrected chi connectivity index (χ0v) is 34.4. The van der Waals surface area contributed by atoms with Crippen LogP contribution in [0.1, 0.15) is 115 Å². The largest absolute Gasteiger partial charge is 0.495 e. The van der Waals surface area contributed by atoms with Crippen LogP contribution >= 0.6 is 11.6 Å². The van der Waals surface area contributed by atoms with Crippen molar-refractivity contribution in [3.63, 3.8) is 0 Å². The highest BCUT2D eigenvalue weighted by Crippen LogP contribution is 2.48. The Morgan fingerprint density at radius 1 is 1.12 bits per heavy atom. The lowest BCUT2D eigenvalue weighted by Gasteiger charge is -2.22. The Morgan fingerprint density at radius 2 is 1.77 bits per heavy atom. The number of ether oxygens (including phenoxy) is 3. The number of carboxylic acid groups (broad SMARTS) is 1. The summed E-state index contributed by atoms with van der Waals surface area (Å²) >= 11 is 6.58. The van der Waals surface area contributed by atoms with Crippen LogP contribution in [-0.2, 0) is 26.1 Å². The van der Waals surface area contributed by atoms with Gasteiger partial charge in [-0.25, -0.2) is 0 Å². The number of nitrogens with zero attached hydrogens (tertiary/aromatic N) is 1. The number of fused-ring (bicyclic) bond motifs is 1. The predicted molar refractivity (Wildman–Crippen MR) is 210 cm³/mol. The minimum absolute atomic E-state index is 0.0406. The van der Waals surface area contributed by atoms with Crippen molar-refractivity contribution >= 4 is 23.5 Å². The highest BCUT2D eigenvalue weighted by atomic mass is 35.5. The van der Waals surface area contributed by atoms with Crippen molar-refractivity contribution in [3.05, 3.63) is 69.6 Å². The van der Waals surface area contributed by atoms with Crippen LogP contribution in [0.25, 0.3) is 0 Å². The molecule has 52 heavy (non-hydrogen) atoms. The first kappa shape index (κ1) is 46.4. The average Bonchev–Trinajstić information content (AvgIpc) is 3.67. The van der Waals surface area contributed by atoms with E-state index in [-0.39, 0.29) is 34.7 Å². The molecule has 1 atom stereocenters. The Kier molecular flexibility index (Phi) is 20.6. The minimum Gasteiger partial charge on any atom is -0.495 e. The molecule has 294 valence electrons. The van der Waals surface area contributed by atoms with Crippen molar-refractivity contribution in [2.75, 3.05) is 40.9 Å². The lowest BCUT2D eigenvalue weighted by Crippen LogP contribution is -2.42. The summed E-state index contributed by atoms with van der Waals surface area (Å²) in [6.07, 6.45) is 6.48. The second kappa shape index (κ2) is 23.1. The second-order valence-electron chi connectivity index (χ2n) is 14.1. The number of carboxylic acids is 1. The van der Waals surface area contributed by atoms with Gasteiger partial charge in [-0.15, -0.1) is 0 Å². The van der Waals surface area contributed by atoms with E-state index in [0.29, 0.717) is 16.7 Å². The van der Waals surface area contributed by atoms with E-state index in [1.54, 1.807) is 12.1 Å². The van der Waals surface area contributed by atoms with Gasteiger partial charge in [0.05, 0.1) is 25.4 Å². The maximum absolute atomic E-state index is 13.1. The number of hydrogen-bond acceptors (Lipinski definition) is 9. The summed E-state index contributed by atoms with van der Waals surface area (Å²) in [6.45, 7) is 25.7. The number of aryl methyl sites for hydroxylation is 1. The number of aliphatic carboxylic acids is 1. The summed E-state index contributed by atoms with van der Waals surface area (Å²) < 4.78 is 22.7. The summed E-state index contributed by atoms with van der Waals surface area (Å²) in [4.78, 5) is 24.5. The molecule has 1 heterocycles. The SMILES string of the molecule is C=C(OC)/C(NC(=O)c1ccc(Oc2c(Cl)cc(C)c3c2CCC3(C)C)o1)=C(\NC(C)NCCCC)OC.CC(=O)O.CCCN(C)CCC(C)C. The molecule has 1 aliphatic rings. The molecule has 1 aromatic carbocycles. The van der Waals surface area contributed by atoms with Crippen LogP contribution in [-0.4, -0.2) is 69.0 Å². The van der Waals surface area contributed by atoms with Gasteiger partial charge in [0, 0.05) is 18.6 Å². The smallest absolute Gasteiger partial charge is 0.300 e. The Bertz CT molecular complexity index is 1460. The molecule has 2 aromatic rings. The molecule has 11 nitrogen and oxygen atoms in total. The number of amides is 1. The number of benzene rings is 1. The van der Waals surface area contributed by atoms with Gasteiger partial charge in [0.15, 0.2) is 11.5 Å². The summed E-state index contributed by atoms with van der Waals surface area (Å²) in [5.74, 6) is 0.805. The highest BCUT2D eigenvalue weighted by Gasteiger charge is 2.35. The first-order valence-corrected chi connectivity index (χ1v) is 18.6. The van der Waals surface area contributed by atoms with Crippen molar-refractivity contribution < 1.29 is 33.3 Å². The quantitative estimate of drug-likeness (QED) is 0.0507. The van der Waals surface area contributed by atoms with Gasteiger partial charge in [0.2, 0.25) is 5.88 Å². The van der Waals surface area contributed by atoms with E-state index in [9.17, 15) is 4.79 Å². The van der Waals surface area contributed by atoms with Crippen LogP contribution in [0.4, 0.5) is 0 Å². The molecule has 1 aliphatic carbocycles. The number of hydrogen-bond donors (Lipinski definition) is 4. The number of rotatable bonds is 18. The number of methoxy groups -OCH3 is 2. The number of nitrogens with one attached hydrogen (secondary N) is 3. The normalized spacial score (nSPS) is 13.8. The predicted octanol–water partition coefficient (Wildman–Crippen LogP) is 8.75. The molecule has 0 spiro atoms. The first-order chi connectivity index (χ1) is 24.4. The summed E-state index contributed by atoms with van der Waals surface area (Å²) in [5.41, 5.74) is 3.78. The Labute approximate surface area is 317 Å². The second-order valence-corrected chi connectivity index (χ2v) is 14.5. The van der Waals surface area contributed by atoms with Crippen molar-refractivity contribution in [1.29, 1.82) is 0 Å². The number of furan rings is 1. The van der Waals surface area contributed by atoms with Crippen molar-refractivity contribution in [1.82, 2.24) is 20.9 Å². The van der Waals surface area contributed by atoms with Crippen LogP contribution < -0.4 is 20.7 Å². The van der Waals surface area contributed by atoms with Gasteiger partial charge in [-0.1, -0.05) is 66.1 Å². The van der Waals surface area contributed by atoms with E-state index in [4.69, 9.17) is 40.1 Å². The fourth-order valence-electron chi connectivity index (χ4n) is 5.75. The molecular formula is C40H65ClN4O7. The topological polar surface area (TPSA) is 135 Å². The number of carbonyl (C=O) groups excluding carboxylic acids is 1. The molecule has 0 saturated carbocycles. The van der Waals surface area contributed by atoms with Crippen LogP contribution in [0.5, 0.6) is 11.7 Å². The number of halogens is 1. The fourth-order valence-corrected chi connectivity index (χ4v) is 6.07. The number of carbonyl (C=O) groups is 2. The lowest BCUT2D eigenvalue weighted by atomic mass is 9.84. The summed E-state index contributed by atoms with van der Waals surface area (Å²) in [7, 11) is 5.17. The van der Waals surface area contributed by atoms with Gasteiger partial charge < -0.3 is 39.3 Å². The Hall–Kier alpha value is -3.67. The third-order valence-electron chi connectivity index (χ3n) is 8.43. The zero-order valence-electron chi connectivity index (χ0n) is 33.7. The molecule has 1 aromatic heterocycles. The molecule has 0 saturated heterocycles. The van der Waals surface area contributed by atoms with E-state index < -0.39 is 11.9 Å². The summed E-state index contributed by atoms with van der Waals surface area (Å²) in [5, 5.41) is 17.3. The monoisotopic (exact) mass is 748 g/mol. The van der Waals surface area contributed by atoms with Crippen LogP contribution in [0.15, 0.2) is 46.5 Å². The van der Waals surface area contributed by atoms with Gasteiger partial charge >= 0.3 is 0 Å². The molecule has 1 amide bonds. The molecule has 12 heteroatoms. The van der Waals surface area contributed by atoms with Crippen molar-refractivity contribution in [2.45, 2.75) is 112 Å². The summed E-state index contributed by atoms with van der Waals surface area (Å²) in [6, 6.07) is 5.06. The van der Waals surface area contributed by atoms with E-state index >= 15 is 0 Å². The Balaban J connectivity index is 0.000000815. The van der Waals surface area contributed by atoms with Crippen molar-refractivity contribution in [3.8, 4) is 11.7 Å². The van der Waals surface area contributed by atoms with Gasteiger partial charge in [0.1, 0.15) is 11.5 Å². The van der Waals surface area contributed by atoms with Crippen molar-refractivity contribution in [2.24, 2.45) is 5.92 Å². The van der Waals surface area contributed by atoms with E-state index in [2.05, 4.69) is 82.9 Å². The molecule has 0 fully saturated rings. The molecular weight excluding hydrogens is 684 g/mol. The third kappa shape index (κ3) is 15.5. The third-order valence-corrected chi connectivity index (χ3v) is 8.71. The molecule has 3 rings (SSSR count). The average molecular weight is 749 g/mol. The van der Waals surface area contributed by atoms with Gasteiger partial charge in [-0.3, -0.25) is 14.9 Å². The van der Waals surface area contributed by atoms with Crippen LogP contribution in [0.3, 0.4) is 0 Å². The number of unbranched alkanes of at least 4 members (excludes halogenated alkanes) is 1. The van der Waals surface area contributed by atoms with E-state index in [1.807, 2.05) is 13.0 Å². The standard InChI is InChI=1S/C29H40ClN3O5.C9H21N.C2H4O2/c1-9-10-15-31-19(4)32-28(36-8)25(18(3)35-7)33-27(34)22-11-12-23(37-22)38-26-20-13-14-29(5,6)24(20)17(2)16-21(26)30;1-5-7-10(4)8-6-9(2)3;1-2(3)4/h11-12,16,19,31-32H,3,9-10,13-15H2,1-2,4-8H3,(H,33,34);9H,5-8H2,1-4H3;1H3,(H,3,4)/b28-25-;;. The highest BCUT2D eigenvalue weighted by molar-refractivity contribution is 6.32. The fraction of sp³-hybridized carbons (Fsp3) is 0.600. The molecule has 1 unspecified atom stereocenters. The minimum atomic E-state index is -0.833. The zero-order chi connectivity index (χ0) is 39.6. The van der Waals surface area contributed by atoms with Gasteiger partial charge in [-0.05, 0) is 107 Å².